The van der Waals surface area contributed by atoms with Gasteiger partial charge in [-0.1, -0.05) is 78.4 Å². The van der Waals surface area contributed by atoms with E-state index in [0.717, 1.165) is 16.7 Å². The van der Waals surface area contributed by atoms with E-state index in [4.69, 9.17) is 0 Å². The van der Waals surface area contributed by atoms with E-state index in [-0.39, 0.29) is 11.8 Å². The Balaban J connectivity index is 1.78. The van der Waals surface area contributed by atoms with Gasteiger partial charge in [0, 0.05) is 13.6 Å². The number of likely N-dealkylation sites (N-methyl/N-ethyl adjacent to an activating group) is 1. The van der Waals surface area contributed by atoms with Crippen LogP contribution in [0.5, 0.6) is 0 Å². The minimum absolute atomic E-state index is 0.292. The van der Waals surface area contributed by atoms with Gasteiger partial charge in [0.15, 0.2) is 0 Å². The standard InChI is InChI=1S/C25H22N2O2/c1-18-13-15-21(16-14-18)27-24(28)22(20-11-7-4-8-12-20)23(25(27)29)26(2)17-19-9-5-3-6-10-19/h3-16H,17H2,1-2H3. The van der Waals surface area contributed by atoms with Crippen molar-refractivity contribution in [2.24, 2.45) is 0 Å². The van der Waals surface area contributed by atoms with Crippen LogP contribution in [0.3, 0.4) is 0 Å². The molecule has 0 saturated carbocycles. The number of rotatable bonds is 5. The Kier molecular flexibility index (Phi) is 5.00. The van der Waals surface area contributed by atoms with E-state index >= 15 is 0 Å². The topological polar surface area (TPSA) is 40.6 Å². The molecule has 0 unspecified atom stereocenters. The van der Waals surface area contributed by atoms with Crippen LogP contribution in [-0.4, -0.2) is 23.8 Å². The second-order valence-corrected chi connectivity index (χ2v) is 7.21. The number of amides is 2. The average molecular weight is 382 g/mol. The zero-order valence-electron chi connectivity index (χ0n) is 16.5. The van der Waals surface area contributed by atoms with Crippen LogP contribution in [0.2, 0.25) is 0 Å². The lowest BCUT2D eigenvalue weighted by molar-refractivity contribution is -0.120. The van der Waals surface area contributed by atoms with E-state index < -0.39 is 0 Å². The van der Waals surface area contributed by atoms with Gasteiger partial charge >= 0.3 is 0 Å². The molecule has 3 aromatic rings. The number of carbonyl (C=O) groups is 2. The van der Waals surface area contributed by atoms with Gasteiger partial charge in [0.25, 0.3) is 11.8 Å². The van der Waals surface area contributed by atoms with Crippen molar-refractivity contribution in [1.82, 2.24) is 4.90 Å². The number of imide groups is 1. The highest BCUT2D eigenvalue weighted by Gasteiger charge is 2.41. The van der Waals surface area contributed by atoms with Crippen LogP contribution in [0.15, 0.2) is 90.6 Å². The van der Waals surface area contributed by atoms with Gasteiger partial charge in [0.2, 0.25) is 0 Å². The van der Waals surface area contributed by atoms with Crippen molar-refractivity contribution in [3.8, 4) is 0 Å². The normalized spacial score (nSPS) is 13.9. The molecule has 0 N–H and O–H groups in total. The number of hydrogen-bond donors (Lipinski definition) is 0. The molecule has 0 saturated heterocycles. The fourth-order valence-electron chi connectivity index (χ4n) is 3.60. The van der Waals surface area contributed by atoms with Gasteiger partial charge < -0.3 is 4.90 Å². The molecule has 4 heteroatoms. The molecule has 4 rings (SSSR count). The van der Waals surface area contributed by atoms with Crippen LogP contribution in [0, 0.1) is 6.92 Å². The molecular formula is C25H22N2O2. The predicted molar refractivity (Wildman–Crippen MR) is 115 cm³/mol. The summed E-state index contributed by atoms with van der Waals surface area (Å²) in [4.78, 5) is 30.0. The second-order valence-electron chi connectivity index (χ2n) is 7.21. The Bertz CT molecular complexity index is 1070. The first kappa shape index (κ1) is 18.7. The summed E-state index contributed by atoms with van der Waals surface area (Å²) < 4.78 is 0. The molecule has 4 nitrogen and oxygen atoms in total. The van der Waals surface area contributed by atoms with Gasteiger partial charge in [0.05, 0.1) is 11.3 Å². The molecule has 1 heterocycles. The first-order valence-corrected chi connectivity index (χ1v) is 9.56. The summed E-state index contributed by atoms with van der Waals surface area (Å²) in [7, 11) is 1.86. The fourth-order valence-corrected chi connectivity index (χ4v) is 3.60. The summed E-state index contributed by atoms with van der Waals surface area (Å²) in [5, 5.41) is 0. The van der Waals surface area contributed by atoms with E-state index in [1.165, 1.54) is 4.90 Å². The van der Waals surface area contributed by atoms with Crippen molar-refractivity contribution in [1.29, 1.82) is 0 Å². The maximum atomic E-state index is 13.4. The highest BCUT2D eigenvalue weighted by molar-refractivity contribution is 6.45. The van der Waals surface area contributed by atoms with Crippen LogP contribution in [0.1, 0.15) is 16.7 Å². The Morgan fingerprint density at radius 1 is 0.759 bits per heavy atom. The van der Waals surface area contributed by atoms with Crippen molar-refractivity contribution in [2.45, 2.75) is 13.5 Å². The summed E-state index contributed by atoms with van der Waals surface area (Å²) in [5.41, 5.74) is 4.34. The third-order valence-corrected chi connectivity index (χ3v) is 5.06. The van der Waals surface area contributed by atoms with Crippen LogP contribution in [-0.2, 0) is 16.1 Å². The zero-order chi connectivity index (χ0) is 20.4. The van der Waals surface area contributed by atoms with Crippen molar-refractivity contribution in [3.63, 3.8) is 0 Å². The maximum Gasteiger partial charge on any atom is 0.282 e. The fraction of sp³-hybridized carbons (Fsp3) is 0.120. The van der Waals surface area contributed by atoms with Gasteiger partial charge in [-0.3, -0.25) is 9.59 Å². The Morgan fingerprint density at radius 3 is 1.97 bits per heavy atom. The number of nitrogens with zero attached hydrogens (tertiary/aromatic N) is 2. The predicted octanol–water partition coefficient (Wildman–Crippen LogP) is 4.41. The van der Waals surface area contributed by atoms with E-state index in [1.54, 1.807) is 0 Å². The van der Waals surface area contributed by atoms with E-state index in [9.17, 15) is 9.59 Å². The third-order valence-electron chi connectivity index (χ3n) is 5.06. The molecule has 2 amide bonds. The molecule has 1 aliphatic heterocycles. The van der Waals surface area contributed by atoms with E-state index in [0.29, 0.717) is 23.5 Å². The number of carbonyl (C=O) groups excluding carboxylic acids is 2. The Morgan fingerprint density at radius 2 is 1.34 bits per heavy atom. The highest BCUT2D eigenvalue weighted by Crippen LogP contribution is 2.34. The van der Waals surface area contributed by atoms with Crippen molar-refractivity contribution < 1.29 is 9.59 Å². The monoisotopic (exact) mass is 382 g/mol. The SMILES string of the molecule is Cc1ccc(N2C(=O)C(c3ccccc3)=C(N(C)Cc3ccccc3)C2=O)cc1. The summed E-state index contributed by atoms with van der Waals surface area (Å²) in [6.45, 7) is 2.51. The van der Waals surface area contributed by atoms with Gasteiger partial charge in [-0.15, -0.1) is 0 Å². The number of hydrogen-bond acceptors (Lipinski definition) is 3. The molecule has 0 aliphatic carbocycles. The summed E-state index contributed by atoms with van der Waals surface area (Å²) in [6, 6.07) is 26.8. The summed E-state index contributed by atoms with van der Waals surface area (Å²) in [6.07, 6.45) is 0. The van der Waals surface area contributed by atoms with Gasteiger partial charge in [-0.05, 0) is 30.2 Å². The molecule has 29 heavy (non-hydrogen) atoms. The van der Waals surface area contributed by atoms with Crippen LogP contribution < -0.4 is 4.90 Å². The van der Waals surface area contributed by atoms with Crippen LogP contribution in [0.25, 0.3) is 5.57 Å². The molecule has 1 aliphatic rings. The quantitative estimate of drug-likeness (QED) is 0.614. The first-order valence-electron chi connectivity index (χ1n) is 9.56. The Hall–Kier alpha value is -3.66. The average Bonchev–Trinajstić information content (AvgIpc) is 3.00. The number of aryl methyl sites for hydroxylation is 1. The maximum absolute atomic E-state index is 13.4. The lowest BCUT2D eigenvalue weighted by Gasteiger charge is -2.21. The Labute approximate surface area is 170 Å². The molecule has 144 valence electrons. The van der Waals surface area contributed by atoms with Gasteiger partial charge in [0.1, 0.15) is 5.70 Å². The van der Waals surface area contributed by atoms with Crippen LogP contribution in [0.4, 0.5) is 5.69 Å². The number of benzene rings is 3. The van der Waals surface area contributed by atoms with Crippen molar-refractivity contribution in [2.75, 3.05) is 11.9 Å². The molecular weight excluding hydrogens is 360 g/mol. The lowest BCUT2D eigenvalue weighted by atomic mass is 10.0. The molecule has 0 bridgehead atoms. The summed E-state index contributed by atoms with van der Waals surface area (Å²) >= 11 is 0. The molecule has 0 radical (unpaired) electrons. The van der Waals surface area contributed by atoms with E-state index in [1.807, 2.05) is 104 Å². The van der Waals surface area contributed by atoms with Gasteiger partial charge in [-0.25, -0.2) is 4.90 Å². The molecule has 3 aromatic carbocycles. The molecule has 0 aromatic heterocycles. The van der Waals surface area contributed by atoms with Crippen molar-refractivity contribution in [3.05, 3.63) is 107 Å². The second kappa shape index (κ2) is 7.76. The minimum atomic E-state index is -0.295. The van der Waals surface area contributed by atoms with E-state index in [2.05, 4.69) is 0 Å². The van der Waals surface area contributed by atoms with Crippen molar-refractivity contribution >= 4 is 23.1 Å². The minimum Gasteiger partial charge on any atom is -0.365 e. The molecule has 0 atom stereocenters. The van der Waals surface area contributed by atoms with Crippen LogP contribution >= 0.6 is 0 Å². The smallest absolute Gasteiger partial charge is 0.282 e. The molecule has 0 fully saturated rings. The number of anilines is 1. The first-order chi connectivity index (χ1) is 14.1. The highest BCUT2D eigenvalue weighted by atomic mass is 16.2. The summed E-state index contributed by atoms with van der Waals surface area (Å²) in [5.74, 6) is -0.587. The largest absolute Gasteiger partial charge is 0.365 e. The molecule has 0 spiro atoms. The van der Waals surface area contributed by atoms with Gasteiger partial charge in [-0.2, -0.15) is 0 Å². The lowest BCUT2D eigenvalue weighted by Crippen LogP contribution is -2.34. The third kappa shape index (κ3) is 3.57. The zero-order valence-corrected chi connectivity index (χ0v) is 16.5.